The summed E-state index contributed by atoms with van der Waals surface area (Å²) in [6.07, 6.45) is 2.32. The topological polar surface area (TPSA) is 152 Å². The molecule has 1 saturated heterocycles. The van der Waals surface area contributed by atoms with Gasteiger partial charge in [-0.05, 0) is 117 Å². The van der Waals surface area contributed by atoms with E-state index >= 15 is 0 Å². The number of anilines is 2. The van der Waals surface area contributed by atoms with E-state index in [1.807, 2.05) is 85.7 Å². The summed E-state index contributed by atoms with van der Waals surface area (Å²) in [5.74, 6) is -0.160. The molecule has 2 N–H and O–H groups in total. The van der Waals surface area contributed by atoms with Crippen molar-refractivity contribution in [1.29, 1.82) is 5.26 Å². The Morgan fingerprint density at radius 1 is 0.983 bits per heavy atom. The second-order valence-electron chi connectivity index (χ2n) is 15.2. The van der Waals surface area contributed by atoms with Crippen molar-refractivity contribution in [3.63, 3.8) is 0 Å². The normalized spacial score (nSPS) is 15.8. The average molecular weight is 830 g/mol. The molecular weight excluding hydrogens is 783 g/mol. The first-order valence-corrected chi connectivity index (χ1v) is 22.1. The van der Waals surface area contributed by atoms with Crippen molar-refractivity contribution in [3.05, 3.63) is 148 Å². The van der Waals surface area contributed by atoms with Gasteiger partial charge >= 0.3 is 0 Å². The highest BCUT2D eigenvalue weighted by molar-refractivity contribution is 7.99. The number of rotatable bonds is 15. The fraction of sp³-hybridized carbons (Fsp3) is 0.289. The first kappa shape index (κ1) is 41.4. The Morgan fingerprint density at radius 2 is 1.75 bits per heavy atom. The molecule has 0 aromatic heterocycles. The number of nitro groups is 1. The number of nitrogens with zero attached hydrogens (tertiary/aromatic N) is 5. The van der Waals surface area contributed by atoms with E-state index in [0.717, 1.165) is 78.9 Å². The van der Waals surface area contributed by atoms with E-state index in [2.05, 4.69) is 44.1 Å². The summed E-state index contributed by atoms with van der Waals surface area (Å²) < 4.78 is 29.2. The second kappa shape index (κ2) is 18.5. The van der Waals surface area contributed by atoms with Crippen LogP contribution in [0.4, 0.5) is 17.1 Å². The fourth-order valence-electron chi connectivity index (χ4n) is 7.80. The van der Waals surface area contributed by atoms with Crippen LogP contribution < -0.4 is 14.9 Å². The molecule has 0 saturated carbocycles. The number of nitro benzene ring substituents is 1. The highest BCUT2D eigenvalue weighted by atomic mass is 32.2. The number of hydrogen-bond acceptors (Lipinski definition) is 11. The van der Waals surface area contributed by atoms with E-state index in [1.165, 1.54) is 17.7 Å². The fourth-order valence-corrected chi connectivity index (χ4v) is 9.79. The van der Waals surface area contributed by atoms with E-state index in [0.29, 0.717) is 17.7 Å². The molecular formula is C45H47N7O5S2. The lowest BCUT2D eigenvalue weighted by molar-refractivity contribution is -0.384. The smallest absolute Gasteiger partial charge is 0.293 e. The van der Waals surface area contributed by atoms with Crippen molar-refractivity contribution >= 4 is 44.8 Å². The maximum absolute atomic E-state index is 13.5. The number of piperazine rings is 1. The van der Waals surface area contributed by atoms with Crippen LogP contribution in [0.2, 0.25) is 0 Å². The molecule has 7 rings (SSSR count). The quantitative estimate of drug-likeness (QED) is 0.0617. The Kier molecular flexibility index (Phi) is 13.0. The lowest BCUT2D eigenvalue weighted by Crippen LogP contribution is -2.54. The summed E-state index contributed by atoms with van der Waals surface area (Å²) in [5, 5.41) is 24.8. The van der Waals surface area contributed by atoms with Crippen molar-refractivity contribution in [3.8, 4) is 17.2 Å². The van der Waals surface area contributed by atoms with Crippen LogP contribution in [0.5, 0.6) is 0 Å². The van der Waals surface area contributed by atoms with Crippen molar-refractivity contribution in [2.24, 2.45) is 0 Å². The zero-order valence-corrected chi connectivity index (χ0v) is 34.7. The number of nitrogens with one attached hydrogen (secondary N) is 2. The average Bonchev–Trinajstić information content (AvgIpc) is 3.24. The molecule has 2 aliphatic heterocycles. The number of fused-ring (bicyclic) bond motifs is 3. The van der Waals surface area contributed by atoms with Crippen LogP contribution in [0.1, 0.15) is 39.9 Å². The zero-order chi connectivity index (χ0) is 41.5. The molecule has 0 spiro atoms. The molecule has 0 bridgehead atoms. The Hall–Kier alpha value is -5.72. The minimum absolute atomic E-state index is 0.143. The van der Waals surface area contributed by atoms with Crippen molar-refractivity contribution < 1.29 is 18.1 Å². The van der Waals surface area contributed by atoms with Crippen LogP contribution in [0.3, 0.4) is 0 Å². The van der Waals surface area contributed by atoms with E-state index in [-0.39, 0.29) is 33.9 Å². The highest BCUT2D eigenvalue weighted by Gasteiger charge is 2.33. The monoisotopic (exact) mass is 829 g/mol. The molecule has 0 radical (unpaired) electrons. The number of amides is 1. The Labute approximate surface area is 350 Å². The molecule has 12 nitrogen and oxygen atoms in total. The van der Waals surface area contributed by atoms with Gasteiger partial charge in [-0.2, -0.15) is 5.26 Å². The minimum atomic E-state index is -4.44. The molecule has 14 heteroatoms. The van der Waals surface area contributed by atoms with Crippen molar-refractivity contribution in [1.82, 2.24) is 14.5 Å². The van der Waals surface area contributed by atoms with E-state index in [4.69, 9.17) is 0 Å². The molecule has 1 amide bonds. The van der Waals surface area contributed by atoms with E-state index in [1.54, 1.807) is 23.9 Å². The van der Waals surface area contributed by atoms with E-state index in [9.17, 15) is 28.6 Å². The maximum atomic E-state index is 13.5. The number of hydrogen-bond donors (Lipinski definition) is 2. The molecule has 5 aromatic carbocycles. The Bertz CT molecular complexity index is 2460. The Morgan fingerprint density at radius 3 is 2.49 bits per heavy atom. The second-order valence-corrected chi connectivity index (χ2v) is 18.0. The third-order valence-electron chi connectivity index (χ3n) is 10.9. The lowest BCUT2D eigenvalue weighted by atomic mass is 9.92. The van der Waals surface area contributed by atoms with Crippen LogP contribution in [0, 0.1) is 21.4 Å². The summed E-state index contributed by atoms with van der Waals surface area (Å²) in [7, 11) is -0.522. The third-order valence-corrected chi connectivity index (χ3v) is 13.4. The summed E-state index contributed by atoms with van der Waals surface area (Å²) in [6, 6.07) is 37.3. The highest BCUT2D eigenvalue weighted by Crippen LogP contribution is 2.35. The minimum Gasteiger partial charge on any atom is -0.376 e. The molecule has 59 heavy (non-hydrogen) atoms. The molecule has 1 fully saturated rings. The van der Waals surface area contributed by atoms with Gasteiger partial charge in [0, 0.05) is 66.2 Å². The molecule has 2 atom stereocenters. The molecule has 2 heterocycles. The Balaban J connectivity index is 0.998. The van der Waals surface area contributed by atoms with Gasteiger partial charge in [-0.25, -0.2) is 13.1 Å². The lowest BCUT2D eigenvalue weighted by Gasteiger charge is -2.46. The SMILES string of the molecule is CN(C)CC[C@H](CSc1ccccc1)Nc1ccc(S(=O)(=O)NC(=O)c2ccc3c(c2)CC[C@@H]2CN(Cc4ccccc4-c4ccc(C#N)cc4)CCN32)cc1[N+](=O)[O-]. The summed E-state index contributed by atoms with van der Waals surface area (Å²) in [6.45, 7) is 4.09. The van der Waals surface area contributed by atoms with Crippen molar-refractivity contribution in [2.75, 3.05) is 56.2 Å². The van der Waals surface area contributed by atoms with Gasteiger partial charge in [-0.15, -0.1) is 11.8 Å². The predicted octanol–water partition coefficient (Wildman–Crippen LogP) is 7.41. The molecule has 0 aliphatic carbocycles. The number of thioether (sulfide) groups is 1. The van der Waals surface area contributed by atoms with Crippen molar-refractivity contribution in [2.45, 2.75) is 47.7 Å². The first-order valence-electron chi connectivity index (χ1n) is 19.6. The van der Waals surface area contributed by atoms with Gasteiger partial charge in [-0.3, -0.25) is 19.8 Å². The standard InChI is InChI=1S/C45H47N7O5S2/c1-49(2)23-22-37(31-58-39-9-4-3-5-10-39)47-42-20-19-40(27-44(42)52(54)55)59(56,57)48-45(53)35-17-21-43-34(26-35)16-18-38-30-50(24-25-51(38)43)29-36-8-6-7-11-41(36)33-14-12-32(28-46)13-15-33/h3-15,17,19-21,26-27,37-38,47H,16,18,22-25,29-31H2,1-2H3,(H,48,53)/t37-,38-/m1/s1. The number of carbonyl (C=O) groups excluding carboxylic acids is 1. The number of aryl methyl sites for hydroxylation is 1. The third kappa shape index (κ3) is 10.1. The van der Waals surface area contributed by atoms with Crippen LogP contribution in [-0.4, -0.2) is 87.2 Å². The van der Waals surface area contributed by atoms with Gasteiger partial charge in [0.15, 0.2) is 0 Å². The van der Waals surface area contributed by atoms with Crippen LogP contribution >= 0.6 is 11.8 Å². The number of nitriles is 1. The van der Waals surface area contributed by atoms with Gasteiger partial charge in [0.1, 0.15) is 5.69 Å². The van der Waals surface area contributed by atoms with Crippen LogP contribution in [0.25, 0.3) is 11.1 Å². The van der Waals surface area contributed by atoms with Gasteiger partial charge in [0.2, 0.25) is 0 Å². The first-order chi connectivity index (χ1) is 28.5. The summed E-state index contributed by atoms with van der Waals surface area (Å²) in [5.41, 5.74) is 6.15. The van der Waals surface area contributed by atoms with Gasteiger partial charge < -0.3 is 15.1 Å². The van der Waals surface area contributed by atoms with Gasteiger partial charge in [0.25, 0.3) is 21.6 Å². The zero-order valence-electron chi connectivity index (χ0n) is 33.1. The number of carbonyl (C=O) groups is 1. The van der Waals surface area contributed by atoms with Gasteiger partial charge in [0.05, 0.1) is 21.5 Å². The largest absolute Gasteiger partial charge is 0.376 e. The number of sulfonamides is 1. The van der Waals surface area contributed by atoms with Crippen LogP contribution in [0.15, 0.2) is 125 Å². The number of benzene rings is 5. The van der Waals surface area contributed by atoms with Gasteiger partial charge in [-0.1, -0.05) is 54.6 Å². The molecule has 2 aliphatic rings. The molecule has 5 aromatic rings. The summed E-state index contributed by atoms with van der Waals surface area (Å²) in [4.78, 5) is 32.7. The predicted molar refractivity (Wildman–Crippen MR) is 233 cm³/mol. The van der Waals surface area contributed by atoms with E-state index < -0.39 is 20.9 Å². The van der Waals surface area contributed by atoms with Crippen LogP contribution in [-0.2, 0) is 23.0 Å². The molecule has 304 valence electrons. The molecule has 0 unspecified atom stereocenters. The summed E-state index contributed by atoms with van der Waals surface area (Å²) >= 11 is 1.63. The maximum Gasteiger partial charge on any atom is 0.293 e.